The molecule has 3 N–H and O–H groups in total. The summed E-state index contributed by atoms with van der Waals surface area (Å²) in [6.07, 6.45) is 0. The number of nitrogens with one attached hydrogen (secondary N) is 2. The van der Waals surface area contributed by atoms with Crippen LogP contribution in [-0.4, -0.2) is 23.7 Å². The van der Waals surface area contributed by atoms with Gasteiger partial charge in [-0.1, -0.05) is 12.1 Å². The van der Waals surface area contributed by atoms with Crippen molar-refractivity contribution in [3.63, 3.8) is 0 Å². The van der Waals surface area contributed by atoms with Crippen LogP contribution >= 0.6 is 0 Å². The smallest absolute Gasteiger partial charge is 0.339 e. The quantitative estimate of drug-likeness (QED) is 0.708. The maximum atomic E-state index is 13.4. The topological polar surface area (TPSA) is 87.7 Å². The molecule has 7 heteroatoms. The van der Waals surface area contributed by atoms with Gasteiger partial charge in [-0.2, -0.15) is 0 Å². The van der Waals surface area contributed by atoms with Gasteiger partial charge in [0, 0.05) is 0 Å². The lowest BCUT2D eigenvalue weighted by molar-refractivity contribution is -0.144. The number of hydroxylamine groups is 1. The van der Waals surface area contributed by atoms with Crippen LogP contribution in [0, 0.1) is 12.7 Å². The number of aryl methyl sites for hydroxylation is 1. The van der Waals surface area contributed by atoms with E-state index in [4.69, 9.17) is 5.11 Å². The number of urea groups is 1. The van der Waals surface area contributed by atoms with Crippen LogP contribution in [-0.2, 0) is 9.63 Å². The second-order valence-corrected chi connectivity index (χ2v) is 3.99. The van der Waals surface area contributed by atoms with Crippen LogP contribution in [0.5, 0.6) is 0 Å². The largest absolute Gasteiger partial charge is 0.479 e. The normalized spacial score (nSPS) is 11.7. The molecule has 0 saturated carbocycles. The molecule has 0 heterocycles. The molecular formula is C12H15FN2O4. The molecule has 6 nitrogen and oxygen atoms in total. The molecule has 2 amide bonds. The van der Waals surface area contributed by atoms with E-state index in [1.807, 2.05) is 5.48 Å². The fourth-order valence-corrected chi connectivity index (χ4v) is 1.35. The number of hydrogen-bond donors (Lipinski definition) is 3. The Morgan fingerprint density at radius 2 is 2.16 bits per heavy atom. The number of carbonyl (C=O) groups excluding carboxylic acids is 1. The number of rotatable bonds is 5. The van der Waals surface area contributed by atoms with Gasteiger partial charge in [0.15, 0.2) is 6.61 Å². The molecule has 0 aliphatic heterocycles. The lowest BCUT2D eigenvalue weighted by Gasteiger charge is -2.15. The standard InChI is InChI=1S/C12H15FN2O4/c1-7-3-4-9(5-10(7)13)8(2)14-12(18)15-19-6-11(16)17/h3-5,8H,6H2,1-2H3,(H,16,17)(H2,14,15,18). The lowest BCUT2D eigenvalue weighted by Crippen LogP contribution is -2.38. The minimum atomic E-state index is -1.20. The van der Waals surface area contributed by atoms with Crippen LogP contribution in [0.25, 0.3) is 0 Å². The van der Waals surface area contributed by atoms with Crippen molar-refractivity contribution >= 4 is 12.0 Å². The van der Waals surface area contributed by atoms with Gasteiger partial charge in [-0.25, -0.2) is 19.5 Å². The van der Waals surface area contributed by atoms with E-state index < -0.39 is 24.6 Å². The Morgan fingerprint density at radius 1 is 1.47 bits per heavy atom. The Morgan fingerprint density at radius 3 is 2.74 bits per heavy atom. The van der Waals surface area contributed by atoms with Crippen LogP contribution in [0.1, 0.15) is 24.1 Å². The first kappa shape index (κ1) is 14.9. The van der Waals surface area contributed by atoms with Gasteiger partial charge in [0.1, 0.15) is 5.82 Å². The minimum Gasteiger partial charge on any atom is -0.479 e. The van der Waals surface area contributed by atoms with Crippen molar-refractivity contribution in [3.8, 4) is 0 Å². The summed E-state index contributed by atoms with van der Waals surface area (Å²) in [6, 6.07) is 3.50. The molecule has 0 saturated heterocycles. The molecule has 1 atom stereocenters. The fourth-order valence-electron chi connectivity index (χ4n) is 1.35. The van der Waals surface area contributed by atoms with Crippen molar-refractivity contribution in [2.75, 3.05) is 6.61 Å². The summed E-state index contributed by atoms with van der Waals surface area (Å²) in [7, 11) is 0. The third-order valence-corrected chi connectivity index (χ3v) is 2.40. The third-order valence-electron chi connectivity index (χ3n) is 2.40. The molecule has 0 aliphatic carbocycles. The summed E-state index contributed by atoms with van der Waals surface area (Å²) >= 11 is 0. The van der Waals surface area contributed by atoms with Crippen molar-refractivity contribution in [1.82, 2.24) is 10.8 Å². The van der Waals surface area contributed by atoms with Gasteiger partial charge in [0.05, 0.1) is 6.04 Å². The first-order chi connectivity index (χ1) is 8.90. The summed E-state index contributed by atoms with van der Waals surface area (Å²) in [4.78, 5) is 25.9. The zero-order valence-electron chi connectivity index (χ0n) is 10.6. The van der Waals surface area contributed by atoms with Crippen LogP contribution in [0.15, 0.2) is 18.2 Å². The fraction of sp³-hybridized carbons (Fsp3) is 0.333. The molecule has 104 valence electrons. The highest BCUT2D eigenvalue weighted by Gasteiger charge is 2.11. The molecule has 0 radical (unpaired) electrons. The highest BCUT2D eigenvalue weighted by Crippen LogP contribution is 2.15. The van der Waals surface area contributed by atoms with Gasteiger partial charge in [-0.05, 0) is 31.0 Å². The first-order valence-electron chi connectivity index (χ1n) is 5.56. The van der Waals surface area contributed by atoms with Crippen molar-refractivity contribution in [3.05, 3.63) is 35.1 Å². The monoisotopic (exact) mass is 270 g/mol. The number of aliphatic carboxylic acids is 1. The van der Waals surface area contributed by atoms with Crippen molar-refractivity contribution < 1.29 is 23.9 Å². The van der Waals surface area contributed by atoms with Crippen LogP contribution < -0.4 is 10.8 Å². The van der Waals surface area contributed by atoms with Gasteiger partial charge in [0.25, 0.3) is 0 Å². The molecule has 0 aliphatic rings. The minimum absolute atomic E-state index is 0.353. The Bertz CT molecular complexity index is 479. The van der Waals surface area contributed by atoms with E-state index in [2.05, 4.69) is 10.2 Å². The molecule has 19 heavy (non-hydrogen) atoms. The average molecular weight is 270 g/mol. The van der Waals surface area contributed by atoms with Crippen LogP contribution in [0.4, 0.5) is 9.18 Å². The maximum absolute atomic E-state index is 13.4. The van der Waals surface area contributed by atoms with Crippen LogP contribution in [0.3, 0.4) is 0 Å². The number of carboxylic acid groups (broad SMARTS) is 1. The van der Waals surface area contributed by atoms with E-state index in [1.165, 1.54) is 6.07 Å². The van der Waals surface area contributed by atoms with Gasteiger partial charge in [-0.3, -0.25) is 4.84 Å². The van der Waals surface area contributed by atoms with E-state index in [-0.39, 0.29) is 5.82 Å². The molecule has 1 aromatic carbocycles. The van der Waals surface area contributed by atoms with Gasteiger partial charge in [-0.15, -0.1) is 0 Å². The predicted octanol–water partition coefficient (Wildman–Crippen LogP) is 1.51. The summed E-state index contributed by atoms with van der Waals surface area (Å²) in [5.74, 6) is -1.55. The second-order valence-electron chi connectivity index (χ2n) is 3.99. The van der Waals surface area contributed by atoms with Gasteiger partial charge in [0.2, 0.25) is 0 Å². The molecule has 0 aromatic heterocycles. The van der Waals surface area contributed by atoms with Gasteiger partial charge >= 0.3 is 12.0 Å². The molecule has 0 fully saturated rings. The average Bonchev–Trinajstić information content (AvgIpc) is 2.32. The molecule has 1 rings (SSSR count). The number of halogens is 1. The van der Waals surface area contributed by atoms with E-state index in [0.29, 0.717) is 11.1 Å². The summed E-state index contributed by atoms with van der Waals surface area (Å²) in [5, 5.41) is 10.8. The molecular weight excluding hydrogens is 255 g/mol. The number of amides is 2. The summed E-state index contributed by atoms with van der Waals surface area (Å²) in [6.45, 7) is 2.67. The number of benzene rings is 1. The van der Waals surface area contributed by atoms with Crippen molar-refractivity contribution in [2.24, 2.45) is 0 Å². The van der Waals surface area contributed by atoms with E-state index in [9.17, 15) is 14.0 Å². The van der Waals surface area contributed by atoms with E-state index >= 15 is 0 Å². The highest BCUT2D eigenvalue weighted by atomic mass is 19.1. The third kappa shape index (κ3) is 4.92. The van der Waals surface area contributed by atoms with Crippen molar-refractivity contribution in [2.45, 2.75) is 19.9 Å². The first-order valence-corrected chi connectivity index (χ1v) is 5.56. The molecule has 1 unspecified atom stereocenters. The highest BCUT2D eigenvalue weighted by molar-refractivity contribution is 5.74. The number of carbonyl (C=O) groups is 2. The summed E-state index contributed by atoms with van der Waals surface area (Å²) in [5.41, 5.74) is 3.03. The zero-order valence-corrected chi connectivity index (χ0v) is 10.6. The number of hydrogen-bond acceptors (Lipinski definition) is 3. The van der Waals surface area contributed by atoms with E-state index in [1.54, 1.807) is 26.0 Å². The lowest BCUT2D eigenvalue weighted by atomic mass is 10.1. The number of carboxylic acids is 1. The summed E-state index contributed by atoms with van der Waals surface area (Å²) < 4.78 is 13.4. The molecule has 0 spiro atoms. The Kier molecular flexibility index (Phi) is 5.25. The van der Waals surface area contributed by atoms with Crippen molar-refractivity contribution in [1.29, 1.82) is 0 Å². The maximum Gasteiger partial charge on any atom is 0.339 e. The Hall–Kier alpha value is -2.15. The Labute approximate surface area is 109 Å². The second kappa shape index (κ2) is 6.69. The SMILES string of the molecule is Cc1ccc(C(C)NC(=O)NOCC(=O)O)cc1F. The molecule has 1 aromatic rings. The van der Waals surface area contributed by atoms with E-state index in [0.717, 1.165) is 0 Å². The van der Waals surface area contributed by atoms with Crippen LogP contribution in [0.2, 0.25) is 0 Å². The molecule has 0 bridgehead atoms. The Balaban J connectivity index is 2.49. The zero-order chi connectivity index (χ0) is 14.4. The van der Waals surface area contributed by atoms with Gasteiger partial charge < -0.3 is 10.4 Å². The predicted molar refractivity (Wildman–Crippen MR) is 64.8 cm³/mol.